The zero-order valence-corrected chi connectivity index (χ0v) is 25.1. The van der Waals surface area contributed by atoms with Crippen LogP contribution in [0.5, 0.6) is 5.75 Å². The predicted molar refractivity (Wildman–Crippen MR) is 153 cm³/mol. The Labute approximate surface area is 252 Å². The van der Waals surface area contributed by atoms with Crippen molar-refractivity contribution >= 4 is 27.7 Å². The number of rotatable bonds is 9. The van der Waals surface area contributed by atoms with Crippen LogP contribution in [0.25, 0.3) is 17.1 Å². The molecule has 15 heteroatoms. The van der Waals surface area contributed by atoms with Crippen LogP contribution in [-0.2, 0) is 19.6 Å². The number of morpholine rings is 1. The summed E-state index contributed by atoms with van der Waals surface area (Å²) in [6.45, 7) is 3.19. The molecule has 232 valence electrons. The van der Waals surface area contributed by atoms with Crippen LogP contribution in [-0.4, -0.2) is 77.9 Å². The second kappa shape index (κ2) is 13.2. The lowest BCUT2D eigenvalue weighted by atomic mass is 9.86. The van der Waals surface area contributed by atoms with Gasteiger partial charge in [-0.2, -0.15) is 4.31 Å². The number of hydrogen-bond donors (Lipinski definition) is 1. The molecule has 1 aliphatic carbocycles. The van der Waals surface area contributed by atoms with Crippen LogP contribution in [0.4, 0.5) is 13.2 Å². The summed E-state index contributed by atoms with van der Waals surface area (Å²) in [5, 5.41) is 12.0. The Morgan fingerprint density at radius 1 is 1.09 bits per heavy atom. The number of halogens is 3. The first-order valence-electron chi connectivity index (χ1n) is 13.9. The zero-order chi connectivity index (χ0) is 30.6. The van der Waals surface area contributed by atoms with E-state index in [0.717, 1.165) is 49.6 Å². The molecule has 10 nitrogen and oxygen atoms in total. The van der Waals surface area contributed by atoms with E-state index in [1.54, 1.807) is 16.7 Å². The summed E-state index contributed by atoms with van der Waals surface area (Å²) in [6.07, 6.45) is -0.650. The molecule has 0 spiro atoms. The Hall–Kier alpha value is -3.14. The minimum absolute atomic E-state index is 0.0437. The van der Waals surface area contributed by atoms with Gasteiger partial charge in [-0.25, -0.2) is 8.42 Å². The van der Waals surface area contributed by atoms with Gasteiger partial charge in [0, 0.05) is 30.4 Å². The Bertz CT molecular complexity index is 1530. The van der Waals surface area contributed by atoms with Gasteiger partial charge in [-0.3, -0.25) is 9.36 Å². The fourth-order valence-corrected chi connectivity index (χ4v) is 7.44. The molecule has 1 amide bonds. The van der Waals surface area contributed by atoms with Crippen LogP contribution >= 0.6 is 11.8 Å². The molecule has 2 aromatic carbocycles. The van der Waals surface area contributed by atoms with E-state index in [1.165, 1.54) is 28.6 Å². The average molecular weight is 640 g/mol. The monoisotopic (exact) mass is 639 g/mol. The smallest absolute Gasteiger partial charge is 0.406 e. The summed E-state index contributed by atoms with van der Waals surface area (Å²) in [5.41, 5.74) is 0.824. The topological polar surface area (TPSA) is 116 Å². The number of ether oxygens (including phenoxy) is 2. The number of nitrogens with zero attached hydrogens (tertiary/aromatic N) is 4. The van der Waals surface area contributed by atoms with Gasteiger partial charge >= 0.3 is 6.36 Å². The van der Waals surface area contributed by atoms with Gasteiger partial charge in [0.1, 0.15) is 5.75 Å². The molecular weight excluding hydrogens is 607 g/mol. The van der Waals surface area contributed by atoms with Gasteiger partial charge < -0.3 is 14.8 Å². The molecule has 1 saturated heterocycles. The highest BCUT2D eigenvalue weighted by molar-refractivity contribution is 7.99. The largest absolute Gasteiger partial charge is 0.573 e. The molecule has 3 aromatic rings. The Morgan fingerprint density at radius 3 is 2.51 bits per heavy atom. The van der Waals surface area contributed by atoms with Crippen molar-refractivity contribution in [2.24, 2.45) is 5.92 Å². The van der Waals surface area contributed by atoms with Gasteiger partial charge in [0.05, 0.1) is 23.9 Å². The first kappa shape index (κ1) is 31.3. The third-order valence-corrected chi connectivity index (χ3v) is 10.3. The second-order valence-corrected chi connectivity index (χ2v) is 13.3. The Morgan fingerprint density at radius 2 is 1.81 bits per heavy atom. The number of nitrogens with one attached hydrogen (secondary N) is 1. The fourth-order valence-electron chi connectivity index (χ4n) is 5.22. The highest BCUT2D eigenvalue weighted by Crippen LogP contribution is 2.32. The van der Waals surface area contributed by atoms with Gasteiger partial charge in [0.25, 0.3) is 0 Å². The van der Waals surface area contributed by atoms with E-state index in [0.29, 0.717) is 35.5 Å². The molecule has 1 saturated carbocycles. The number of aromatic nitrogens is 3. The molecule has 1 aromatic heterocycles. The molecule has 2 aliphatic rings. The Balaban J connectivity index is 1.45. The van der Waals surface area contributed by atoms with Gasteiger partial charge in [-0.15, -0.1) is 23.4 Å². The number of carbonyl (C=O) groups excluding carboxylic acids is 1. The summed E-state index contributed by atoms with van der Waals surface area (Å²) in [4.78, 5) is 12.9. The van der Waals surface area contributed by atoms with Crippen LogP contribution in [0.2, 0.25) is 0 Å². The van der Waals surface area contributed by atoms with E-state index in [1.807, 2.05) is 0 Å². The lowest BCUT2D eigenvalue weighted by Crippen LogP contribution is -2.41. The highest BCUT2D eigenvalue weighted by Gasteiger charge is 2.31. The van der Waals surface area contributed by atoms with E-state index < -0.39 is 22.1 Å². The van der Waals surface area contributed by atoms with Crippen molar-refractivity contribution in [1.29, 1.82) is 0 Å². The first-order valence-corrected chi connectivity index (χ1v) is 16.4. The maximum absolute atomic E-state index is 13.3. The average Bonchev–Trinajstić information content (AvgIpc) is 3.41. The lowest BCUT2D eigenvalue weighted by Gasteiger charge is -2.29. The maximum atomic E-state index is 13.3. The summed E-state index contributed by atoms with van der Waals surface area (Å²) in [5.74, 6) is 0.123. The number of hydrogen-bond acceptors (Lipinski definition) is 8. The number of thioether (sulfide) groups is 1. The molecule has 0 unspecified atom stereocenters. The predicted octanol–water partition coefficient (Wildman–Crippen LogP) is 4.64. The third kappa shape index (κ3) is 7.69. The SMILES string of the molecule is C[C@H]1CCCC[C@@H]1NC(=O)CSc1nnc(-c2cccc(S(=O)(=O)N3CCOCC3)c2)n1-c1ccc(OC(F)(F)F)cc1. The van der Waals surface area contributed by atoms with E-state index in [2.05, 4.69) is 27.2 Å². The van der Waals surface area contributed by atoms with Crippen LogP contribution in [0.1, 0.15) is 32.6 Å². The summed E-state index contributed by atoms with van der Waals surface area (Å²) in [7, 11) is -3.81. The number of carbonyl (C=O) groups is 1. The number of benzene rings is 2. The number of amides is 1. The quantitative estimate of drug-likeness (QED) is 0.337. The second-order valence-electron chi connectivity index (χ2n) is 10.5. The minimum atomic E-state index is -4.85. The van der Waals surface area contributed by atoms with Gasteiger partial charge in [-0.1, -0.05) is 43.7 Å². The molecule has 1 N–H and O–H groups in total. The fraction of sp³-hybridized carbons (Fsp3) is 0.464. The van der Waals surface area contributed by atoms with E-state index in [9.17, 15) is 26.4 Å². The van der Waals surface area contributed by atoms with Crippen molar-refractivity contribution in [1.82, 2.24) is 24.4 Å². The maximum Gasteiger partial charge on any atom is 0.573 e. The molecule has 2 heterocycles. The van der Waals surface area contributed by atoms with E-state index in [-0.39, 0.29) is 41.5 Å². The summed E-state index contributed by atoms with van der Waals surface area (Å²) in [6, 6.07) is 11.5. The zero-order valence-electron chi connectivity index (χ0n) is 23.4. The standard InChI is InChI=1S/C28H32F3N5O5S2/c1-19-5-2-3-8-24(19)32-25(37)18-42-27-34-33-26(36(27)21-9-11-22(12-10-21)41-28(29,30)31)20-6-4-7-23(17-20)43(38,39)35-13-15-40-16-14-35/h4,6-7,9-12,17,19,24H,2-3,5,8,13-16,18H2,1H3,(H,32,37)/t19-,24-/m0/s1. The first-order chi connectivity index (χ1) is 20.5. The molecule has 0 radical (unpaired) electrons. The van der Waals surface area contributed by atoms with Crippen LogP contribution in [0.15, 0.2) is 58.6 Å². The van der Waals surface area contributed by atoms with Crippen molar-refractivity contribution in [2.45, 2.75) is 55.1 Å². The van der Waals surface area contributed by atoms with Crippen molar-refractivity contribution in [3.63, 3.8) is 0 Å². The summed E-state index contributed by atoms with van der Waals surface area (Å²) >= 11 is 1.13. The molecule has 0 bridgehead atoms. The van der Waals surface area contributed by atoms with E-state index >= 15 is 0 Å². The van der Waals surface area contributed by atoms with E-state index in [4.69, 9.17) is 4.74 Å². The van der Waals surface area contributed by atoms with Crippen LogP contribution < -0.4 is 10.1 Å². The summed E-state index contributed by atoms with van der Waals surface area (Å²) < 4.78 is 77.1. The lowest BCUT2D eigenvalue weighted by molar-refractivity contribution is -0.274. The van der Waals surface area contributed by atoms with Gasteiger partial charge in [-0.05, 0) is 55.2 Å². The number of alkyl halides is 3. The normalized spacial score (nSPS) is 20.1. The molecule has 5 rings (SSSR count). The van der Waals surface area contributed by atoms with Crippen molar-refractivity contribution < 1.29 is 35.9 Å². The molecule has 1 aliphatic heterocycles. The van der Waals surface area contributed by atoms with Gasteiger partial charge in [0.2, 0.25) is 15.9 Å². The van der Waals surface area contributed by atoms with Crippen molar-refractivity contribution in [3.8, 4) is 22.8 Å². The van der Waals surface area contributed by atoms with Crippen molar-refractivity contribution in [3.05, 3.63) is 48.5 Å². The third-order valence-electron chi connectivity index (χ3n) is 7.45. The molecular formula is C28H32F3N5O5S2. The van der Waals surface area contributed by atoms with Crippen LogP contribution in [0.3, 0.4) is 0 Å². The minimum Gasteiger partial charge on any atom is -0.406 e. The molecule has 2 atom stereocenters. The highest BCUT2D eigenvalue weighted by atomic mass is 32.2. The van der Waals surface area contributed by atoms with Crippen molar-refractivity contribution in [2.75, 3.05) is 32.1 Å². The Kier molecular flexibility index (Phi) is 9.63. The molecule has 43 heavy (non-hydrogen) atoms. The number of sulfonamides is 1. The molecule has 2 fully saturated rings. The van der Waals surface area contributed by atoms with Gasteiger partial charge in [0.15, 0.2) is 11.0 Å². The van der Waals surface area contributed by atoms with Crippen LogP contribution in [0, 0.1) is 5.92 Å².